The molecule has 2 aromatic rings. The van der Waals surface area contributed by atoms with Crippen molar-refractivity contribution in [3.8, 4) is 5.75 Å². The number of aromatic nitrogens is 1. The van der Waals surface area contributed by atoms with Gasteiger partial charge >= 0.3 is 0 Å². The van der Waals surface area contributed by atoms with Crippen LogP contribution in [0.1, 0.15) is 50.8 Å². The molecule has 176 valence electrons. The summed E-state index contributed by atoms with van der Waals surface area (Å²) in [4.78, 5) is 32.9. The summed E-state index contributed by atoms with van der Waals surface area (Å²) in [5.74, 6) is -1.09. The second-order valence-corrected chi connectivity index (χ2v) is 8.19. The van der Waals surface area contributed by atoms with Crippen molar-refractivity contribution in [1.29, 1.82) is 0 Å². The van der Waals surface area contributed by atoms with E-state index in [0.29, 0.717) is 36.6 Å². The van der Waals surface area contributed by atoms with Crippen molar-refractivity contribution in [2.45, 2.75) is 39.7 Å². The van der Waals surface area contributed by atoms with Crippen LogP contribution in [0, 0.1) is 0 Å². The Morgan fingerprint density at radius 1 is 1.06 bits per heavy atom. The molecule has 0 spiro atoms. The number of nitrogens with zero attached hydrogens (tertiary/aromatic N) is 2. The summed E-state index contributed by atoms with van der Waals surface area (Å²) in [5.41, 5.74) is 1.08. The summed E-state index contributed by atoms with van der Waals surface area (Å²) in [6.07, 6.45) is 5.21. The van der Waals surface area contributed by atoms with Crippen LogP contribution in [0.3, 0.4) is 0 Å². The number of rotatable bonds is 11. The molecule has 1 fully saturated rings. The van der Waals surface area contributed by atoms with E-state index >= 15 is 0 Å². The first-order chi connectivity index (χ1) is 16.0. The molecular weight excluding hydrogens is 418 g/mol. The molecule has 1 saturated heterocycles. The third-order valence-electron chi connectivity index (χ3n) is 6.14. The summed E-state index contributed by atoms with van der Waals surface area (Å²) >= 11 is 0. The third-order valence-corrected chi connectivity index (χ3v) is 6.14. The highest BCUT2D eigenvalue weighted by Gasteiger charge is 2.44. The van der Waals surface area contributed by atoms with E-state index in [0.717, 1.165) is 25.9 Å². The highest BCUT2D eigenvalue weighted by molar-refractivity contribution is 6.46. The minimum Gasteiger partial charge on any atom is -0.872 e. The van der Waals surface area contributed by atoms with E-state index in [1.54, 1.807) is 53.7 Å². The Kier molecular flexibility index (Phi) is 8.60. The van der Waals surface area contributed by atoms with Gasteiger partial charge in [-0.05, 0) is 55.7 Å². The largest absolute Gasteiger partial charge is 0.872 e. The Labute approximate surface area is 195 Å². The van der Waals surface area contributed by atoms with Gasteiger partial charge in [0.05, 0.1) is 38.8 Å². The van der Waals surface area contributed by atoms with E-state index in [-0.39, 0.29) is 5.57 Å². The number of unbranched alkanes of at least 4 members (excludes halogenated alkanes) is 1. The maximum absolute atomic E-state index is 13.5. The molecule has 1 atom stereocenters. The minimum absolute atomic E-state index is 0.000369. The molecule has 0 radical (unpaired) electrons. The number of ketones is 1. The van der Waals surface area contributed by atoms with Crippen LogP contribution < -0.4 is 14.7 Å². The third kappa shape index (κ3) is 5.60. The van der Waals surface area contributed by atoms with Gasteiger partial charge in [0.2, 0.25) is 5.78 Å². The number of likely N-dealkylation sites (N-methyl/N-ethyl adjacent to an activating group) is 1. The maximum atomic E-state index is 13.5. The van der Waals surface area contributed by atoms with Gasteiger partial charge in [0.15, 0.2) is 0 Å². The Morgan fingerprint density at radius 2 is 1.73 bits per heavy atom. The second-order valence-electron chi connectivity index (χ2n) is 8.19. The molecule has 0 aliphatic carbocycles. The number of amides is 1. The number of hydrogen-bond acceptors (Lipinski definition) is 5. The highest BCUT2D eigenvalue weighted by atomic mass is 16.5. The van der Waals surface area contributed by atoms with Gasteiger partial charge in [0.1, 0.15) is 5.75 Å². The van der Waals surface area contributed by atoms with Crippen molar-refractivity contribution in [3.05, 3.63) is 65.5 Å². The smallest absolute Gasteiger partial charge is 0.295 e. The standard InChI is InChI=1S/C26H33N3O4/c1-4-7-18-33-21-10-8-20(9-11-21)24(30)22-23(19-12-14-27-15-13-19)29(26(32)25(22)31)17-16-28(5-2)6-3/h8-15,23,30H,4-7,16-18H2,1-3H3. The van der Waals surface area contributed by atoms with E-state index in [1.807, 2.05) is 0 Å². The molecule has 2 heterocycles. The lowest BCUT2D eigenvalue weighted by Gasteiger charge is -2.28. The second kappa shape index (κ2) is 11.6. The van der Waals surface area contributed by atoms with Crippen molar-refractivity contribution in [2.24, 2.45) is 0 Å². The van der Waals surface area contributed by atoms with Gasteiger partial charge in [0, 0.05) is 18.0 Å². The normalized spacial score (nSPS) is 17.7. The Hall–Kier alpha value is -3.19. The maximum Gasteiger partial charge on any atom is 0.295 e. The van der Waals surface area contributed by atoms with E-state index < -0.39 is 23.5 Å². The Bertz CT molecular complexity index is 969. The van der Waals surface area contributed by atoms with Crippen LogP contribution in [0.2, 0.25) is 0 Å². The molecule has 1 aliphatic rings. The fraction of sp³-hybridized carbons (Fsp3) is 0.423. The zero-order valence-electron chi connectivity index (χ0n) is 19.7. The van der Waals surface area contributed by atoms with Gasteiger partial charge in [0.25, 0.3) is 5.91 Å². The lowest BCUT2D eigenvalue weighted by atomic mass is 9.96. The van der Waals surface area contributed by atoms with Crippen LogP contribution in [0.4, 0.5) is 0 Å². The number of benzene rings is 1. The predicted octanol–water partition coefficient (Wildman–Crippen LogP) is 1.41. The molecule has 1 N–H and O–H groups in total. The number of quaternary nitrogens is 1. The summed E-state index contributed by atoms with van der Waals surface area (Å²) in [6.45, 7) is 9.84. The first kappa shape index (κ1) is 24.5. The number of likely N-dealkylation sites (tertiary alicyclic amines) is 1. The topological polar surface area (TPSA) is 87.0 Å². The summed E-state index contributed by atoms with van der Waals surface area (Å²) < 4.78 is 5.67. The molecular formula is C26H33N3O4. The van der Waals surface area contributed by atoms with Crippen molar-refractivity contribution < 1.29 is 24.3 Å². The molecule has 7 nitrogen and oxygen atoms in total. The molecule has 33 heavy (non-hydrogen) atoms. The molecule has 1 unspecified atom stereocenters. The van der Waals surface area contributed by atoms with Crippen molar-refractivity contribution in [2.75, 3.05) is 32.8 Å². The molecule has 3 rings (SSSR count). The average Bonchev–Trinajstić information content (AvgIpc) is 3.10. The number of pyridine rings is 1. The van der Waals surface area contributed by atoms with Crippen LogP contribution in [-0.4, -0.2) is 54.4 Å². The summed E-state index contributed by atoms with van der Waals surface area (Å²) in [7, 11) is 0. The zero-order chi connectivity index (χ0) is 23.8. The molecule has 1 amide bonds. The van der Waals surface area contributed by atoms with Crippen LogP contribution in [-0.2, 0) is 9.59 Å². The molecule has 0 bridgehead atoms. The van der Waals surface area contributed by atoms with Crippen molar-refractivity contribution in [3.63, 3.8) is 0 Å². The van der Waals surface area contributed by atoms with E-state index in [2.05, 4.69) is 25.8 Å². The monoisotopic (exact) mass is 451 g/mol. The quantitative estimate of drug-likeness (QED) is 0.242. The van der Waals surface area contributed by atoms with Gasteiger partial charge in [-0.2, -0.15) is 0 Å². The minimum atomic E-state index is -0.723. The number of carbonyl (C=O) groups is 2. The van der Waals surface area contributed by atoms with E-state index in [9.17, 15) is 14.7 Å². The van der Waals surface area contributed by atoms with Crippen LogP contribution in [0.15, 0.2) is 54.4 Å². The number of Topliss-reactive ketones (excluding diaryl/α,β-unsaturated/α-hetero) is 1. The fourth-order valence-corrected chi connectivity index (χ4v) is 4.07. The summed E-state index contributed by atoms with van der Waals surface area (Å²) in [6, 6.07) is 9.57. The Balaban J connectivity index is 1.96. The molecule has 1 aromatic heterocycles. The van der Waals surface area contributed by atoms with Crippen LogP contribution in [0.25, 0.3) is 5.76 Å². The average molecular weight is 452 g/mol. The highest BCUT2D eigenvalue weighted by Crippen LogP contribution is 2.38. The molecule has 0 saturated carbocycles. The zero-order valence-corrected chi connectivity index (χ0v) is 19.7. The van der Waals surface area contributed by atoms with Gasteiger partial charge < -0.3 is 19.6 Å². The molecule has 7 heteroatoms. The summed E-state index contributed by atoms with van der Waals surface area (Å²) in [5, 5.41) is 13.5. The first-order valence-electron chi connectivity index (χ1n) is 11.7. The SMILES string of the molecule is CCCCOc1ccc(C([O-])=C2C(=O)C(=O)N(CC[NH+](CC)CC)C2c2ccncc2)cc1. The molecule has 1 aromatic carbocycles. The first-order valence-corrected chi connectivity index (χ1v) is 11.7. The lowest BCUT2D eigenvalue weighted by Crippen LogP contribution is -3.12. The van der Waals surface area contributed by atoms with Gasteiger partial charge in [-0.1, -0.05) is 31.2 Å². The number of carbonyl (C=O) groups excluding carboxylic acids is 2. The van der Waals surface area contributed by atoms with Crippen molar-refractivity contribution in [1.82, 2.24) is 9.88 Å². The van der Waals surface area contributed by atoms with Crippen LogP contribution >= 0.6 is 0 Å². The number of nitrogens with one attached hydrogen (secondary N) is 1. The van der Waals surface area contributed by atoms with Gasteiger partial charge in [-0.25, -0.2) is 0 Å². The Morgan fingerprint density at radius 3 is 2.33 bits per heavy atom. The lowest BCUT2D eigenvalue weighted by molar-refractivity contribution is -0.895. The molecule has 1 aliphatic heterocycles. The van der Waals surface area contributed by atoms with Gasteiger partial charge in [-0.15, -0.1) is 0 Å². The van der Waals surface area contributed by atoms with E-state index in [4.69, 9.17) is 4.74 Å². The predicted molar refractivity (Wildman–Crippen MR) is 124 cm³/mol. The van der Waals surface area contributed by atoms with Crippen LogP contribution in [0.5, 0.6) is 5.75 Å². The fourth-order valence-electron chi connectivity index (χ4n) is 4.07. The van der Waals surface area contributed by atoms with E-state index in [1.165, 1.54) is 4.90 Å². The number of hydrogen-bond donors (Lipinski definition) is 1. The van der Waals surface area contributed by atoms with Gasteiger partial charge in [-0.3, -0.25) is 14.6 Å². The van der Waals surface area contributed by atoms with Crippen molar-refractivity contribution >= 4 is 17.4 Å². The number of ether oxygens (including phenoxy) is 1.